The number of rotatable bonds is 4. The monoisotopic (exact) mass is 289 g/mol. The lowest BCUT2D eigenvalue weighted by Crippen LogP contribution is -2.21. The maximum Gasteiger partial charge on any atom is 0.247 e. The van der Waals surface area contributed by atoms with E-state index in [2.05, 4.69) is 25.4 Å². The molecule has 0 amide bonds. The molecule has 1 aromatic carbocycles. The van der Waals surface area contributed by atoms with Gasteiger partial charge in [0.1, 0.15) is 0 Å². The molecular formula is C14H16ClN5. The summed E-state index contributed by atoms with van der Waals surface area (Å²) < 4.78 is 0. The topological polar surface area (TPSA) is 53.9 Å². The van der Waals surface area contributed by atoms with Crippen LogP contribution in [0.15, 0.2) is 30.5 Å². The molecule has 1 aliphatic heterocycles. The van der Waals surface area contributed by atoms with Crippen molar-refractivity contribution in [2.45, 2.75) is 19.4 Å². The number of halogens is 1. The van der Waals surface area contributed by atoms with E-state index in [-0.39, 0.29) is 0 Å². The van der Waals surface area contributed by atoms with Gasteiger partial charge in [-0.15, -0.1) is 5.10 Å². The Bertz CT molecular complexity index is 566. The quantitative estimate of drug-likeness (QED) is 0.938. The zero-order valence-electron chi connectivity index (χ0n) is 11.1. The normalized spacial score (nSPS) is 14.6. The van der Waals surface area contributed by atoms with Crippen molar-refractivity contribution >= 4 is 23.4 Å². The second kappa shape index (κ2) is 6.05. The SMILES string of the molecule is Clc1ccc(CNc2cnnc(N3CCCC3)n2)cc1. The number of hydrogen-bond donors (Lipinski definition) is 1. The van der Waals surface area contributed by atoms with Crippen molar-refractivity contribution < 1.29 is 0 Å². The van der Waals surface area contributed by atoms with Crippen molar-refractivity contribution in [3.8, 4) is 0 Å². The van der Waals surface area contributed by atoms with Crippen LogP contribution in [0, 0.1) is 0 Å². The van der Waals surface area contributed by atoms with E-state index in [1.165, 1.54) is 12.8 Å². The first-order valence-corrected chi connectivity index (χ1v) is 7.12. The van der Waals surface area contributed by atoms with Gasteiger partial charge in [0.2, 0.25) is 5.95 Å². The Labute approximate surface area is 123 Å². The van der Waals surface area contributed by atoms with Crippen LogP contribution in [0.3, 0.4) is 0 Å². The Morgan fingerprint density at radius 2 is 1.90 bits per heavy atom. The van der Waals surface area contributed by atoms with E-state index in [1.54, 1.807) is 6.20 Å². The molecule has 0 spiro atoms. The molecule has 20 heavy (non-hydrogen) atoms. The molecule has 0 bridgehead atoms. The van der Waals surface area contributed by atoms with Crippen LogP contribution < -0.4 is 10.2 Å². The minimum Gasteiger partial charge on any atom is -0.365 e. The highest BCUT2D eigenvalue weighted by Gasteiger charge is 2.15. The lowest BCUT2D eigenvalue weighted by molar-refractivity contribution is 0.848. The van der Waals surface area contributed by atoms with E-state index in [0.29, 0.717) is 12.5 Å². The van der Waals surface area contributed by atoms with Gasteiger partial charge in [0.05, 0.1) is 6.20 Å². The van der Waals surface area contributed by atoms with Crippen molar-refractivity contribution in [3.05, 3.63) is 41.0 Å². The fourth-order valence-electron chi connectivity index (χ4n) is 2.23. The van der Waals surface area contributed by atoms with Crippen molar-refractivity contribution in [1.29, 1.82) is 0 Å². The molecule has 1 saturated heterocycles. The van der Waals surface area contributed by atoms with Crippen LogP contribution in [0.2, 0.25) is 5.02 Å². The number of nitrogens with zero attached hydrogens (tertiary/aromatic N) is 4. The standard InChI is InChI=1S/C14H16ClN5/c15-12-5-3-11(4-6-12)9-16-13-10-17-19-14(18-13)20-7-1-2-8-20/h3-6,10H,1-2,7-9H2,(H,16,18,19). The number of anilines is 2. The van der Waals surface area contributed by atoms with Crippen molar-refractivity contribution in [3.63, 3.8) is 0 Å². The summed E-state index contributed by atoms with van der Waals surface area (Å²) in [4.78, 5) is 6.67. The lowest BCUT2D eigenvalue weighted by atomic mass is 10.2. The molecule has 1 aliphatic rings. The summed E-state index contributed by atoms with van der Waals surface area (Å²) in [7, 11) is 0. The first kappa shape index (κ1) is 13.1. The zero-order chi connectivity index (χ0) is 13.8. The van der Waals surface area contributed by atoms with E-state index in [4.69, 9.17) is 11.6 Å². The molecule has 3 rings (SSSR count). The van der Waals surface area contributed by atoms with E-state index in [1.807, 2.05) is 24.3 Å². The van der Waals surface area contributed by atoms with Gasteiger partial charge < -0.3 is 10.2 Å². The molecule has 1 N–H and O–H groups in total. The molecule has 104 valence electrons. The molecule has 1 aromatic heterocycles. The van der Waals surface area contributed by atoms with Crippen LogP contribution in [0.4, 0.5) is 11.8 Å². The van der Waals surface area contributed by atoms with Gasteiger partial charge >= 0.3 is 0 Å². The van der Waals surface area contributed by atoms with E-state index >= 15 is 0 Å². The Hall–Kier alpha value is -1.88. The van der Waals surface area contributed by atoms with Gasteiger partial charge in [0, 0.05) is 24.7 Å². The molecule has 0 aliphatic carbocycles. The summed E-state index contributed by atoms with van der Waals surface area (Å²) in [5, 5.41) is 12.1. The van der Waals surface area contributed by atoms with Crippen LogP contribution in [0.5, 0.6) is 0 Å². The Kier molecular flexibility index (Phi) is 3.97. The Morgan fingerprint density at radius 3 is 2.65 bits per heavy atom. The smallest absolute Gasteiger partial charge is 0.247 e. The number of aromatic nitrogens is 3. The van der Waals surface area contributed by atoms with Gasteiger partial charge in [-0.05, 0) is 30.5 Å². The highest BCUT2D eigenvalue weighted by molar-refractivity contribution is 6.30. The lowest BCUT2D eigenvalue weighted by Gasteiger charge is -2.14. The van der Waals surface area contributed by atoms with Gasteiger partial charge in [-0.3, -0.25) is 0 Å². The molecule has 2 heterocycles. The summed E-state index contributed by atoms with van der Waals surface area (Å²) in [5.74, 6) is 1.46. The minimum atomic E-state index is 0.690. The molecular weight excluding hydrogens is 274 g/mol. The third-order valence-electron chi connectivity index (χ3n) is 3.32. The highest BCUT2D eigenvalue weighted by Crippen LogP contribution is 2.16. The third-order valence-corrected chi connectivity index (χ3v) is 3.58. The van der Waals surface area contributed by atoms with Crippen molar-refractivity contribution in [1.82, 2.24) is 15.2 Å². The second-order valence-electron chi connectivity index (χ2n) is 4.82. The minimum absolute atomic E-state index is 0.690. The Balaban J connectivity index is 1.65. The molecule has 2 aromatic rings. The maximum absolute atomic E-state index is 5.87. The third kappa shape index (κ3) is 3.17. The van der Waals surface area contributed by atoms with Crippen LogP contribution in [-0.4, -0.2) is 28.3 Å². The van der Waals surface area contributed by atoms with Crippen molar-refractivity contribution in [2.24, 2.45) is 0 Å². The highest BCUT2D eigenvalue weighted by atomic mass is 35.5. The molecule has 5 nitrogen and oxygen atoms in total. The summed E-state index contributed by atoms with van der Waals surface area (Å²) in [6.07, 6.45) is 4.05. The van der Waals surface area contributed by atoms with E-state index < -0.39 is 0 Å². The largest absolute Gasteiger partial charge is 0.365 e. The second-order valence-corrected chi connectivity index (χ2v) is 5.25. The fraction of sp³-hybridized carbons (Fsp3) is 0.357. The average Bonchev–Trinajstić information content (AvgIpc) is 3.01. The number of hydrogen-bond acceptors (Lipinski definition) is 5. The van der Waals surface area contributed by atoms with E-state index in [0.717, 1.165) is 29.5 Å². The maximum atomic E-state index is 5.87. The van der Waals surface area contributed by atoms with Crippen LogP contribution in [-0.2, 0) is 6.54 Å². The van der Waals surface area contributed by atoms with Crippen LogP contribution >= 0.6 is 11.6 Å². The molecule has 0 saturated carbocycles. The molecule has 6 heteroatoms. The molecule has 0 radical (unpaired) electrons. The predicted molar refractivity (Wildman–Crippen MR) is 80.1 cm³/mol. The van der Waals surface area contributed by atoms with Crippen LogP contribution in [0.25, 0.3) is 0 Å². The van der Waals surface area contributed by atoms with Gasteiger partial charge in [-0.1, -0.05) is 23.7 Å². The first-order valence-electron chi connectivity index (χ1n) is 6.74. The molecule has 0 atom stereocenters. The van der Waals surface area contributed by atoms with Gasteiger partial charge in [-0.25, -0.2) is 0 Å². The van der Waals surface area contributed by atoms with E-state index in [9.17, 15) is 0 Å². The first-order chi connectivity index (χ1) is 9.81. The fourth-order valence-corrected chi connectivity index (χ4v) is 2.35. The van der Waals surface area contributed by atoms with Gasteiger partial charge in [0.25, 0.3) is 0 Å². The number of benzene rings is 1. The van der Waals surface area contributed by atoms with Gasteiger partial charge in [0.15, 0.2) is 5.82 Å². The molecule has 1 fully saturated rings. The Morgan fingerprint density at radius 1 is 1.15 bits per heavy atom. The number of nitrogens with one attached hydrogen (secondary N) is 1. The van der Waals surface area contributed by atoms with Crippen molar-refractivity contribution in [2.75, 3.05) is 23.3 Å². The summed E-state index contributed by atoms with van der Waals surface area (Å²) in [5.41, 5.74) is 1.15. The average molecular weight is 290 g/mol. The summed E-state index contributed by atoms with van der Waals surface area (Å²) in [6.45, 7) is 2.72. The predicted octanol–water partition coefficient (Wildman–Crippen LogP) is 2.74. The molecule has 0 unspecified atom stereocenters. The van der Waals surface area contributed by atoms with Gasteiger partial charge in [-0.2, -0.15) is 10.1 Å². The zero-order valence-corrected chi connectivity index (χ0v) is 11.8. The summed E-state index contributed by atoms with van der Waals surface area (Å²) in [6, 6.07) is 7.75. The summed E-state index contributed by atoms with van der Waals surface area (Å²) >= 11 is 5.87. The van der Waals surface area contributed by atoms with Crippen LogP contribution in [0.1, 0.15) is 18.4 Å².